The number of anilines is 1. The molecule has 5 nitrogen and oxygen atoms in total. The lowest BCUT2D eigenvalue weighted by Gasteiger charge is -2.07. The molecular weight excluding hydrogens is 336 g/mol. The summed E-state index contributed by atoms with van der Waals surface area (Å²) in [4.78, 5) is 16.5. The molecule has 0 spiro atoms. The van der Waals surface area contributed by atoms with Gasteiger partial charge in [0.15, 0.2) is 11.7 Å². The lowest BCUT2D eigenvalue weighted by atomic mass is 10.1. The van der Waals surface area contributed by atoms with Crippen LogP contribution >= 0.6 is 11.3 Å². The first kappa shape index (κ1) is 17.0. The Morgan fingerprint density at radius 2 is 2.00 bits per heavy atom. The summed E-state index contributed by atoms with van der Waals surface area (Å²) in [5, 5.41) is 5.18. The van der Waals surface area contributed by atoms with Crippen LogP contribution in [0.2, 0.25) is 0 Å². The molecule has 1 N–H and O–H groups in total. The zero-order valence-corrected chi connectivity index (χ0v) is 14.8. The predicted octanol–water partition coefficient (Wildman–Crippen LogP) is 4.14. The zero-order chi connectivity index (χ0) is 17.6. The van der Waals surface area contributed by atoms with Crippen molar-refractivity contribution in [1.29, 1.82) is 0 Å². The number of amides is 1. The van der Waals surface area contributed by atoms with Gasteiger partial charge in [0.2, 0.25) is 0 Å². The quantitative estimate of drug-likeness (QED) is 0.722. The summed E-state index contributed by atoms with van der Waals surface area (Å²) in [7, 11) is 1.63. The molecule has 0 unspecified atom stereocenters. The van der Waals surface area contributed by atoms with Crippen LogP contribution < -0.4 is 14.8 Å². The number of methoxy groups -OCH3 is 1. The smallest absolute Gasteiger partial charge is 0.264 e. The van der Waals surface area contributed by atoms with Crippen molar-refractivity contribution in [1.82, 2.24) is 4.98 Å². The summed E-state index contributed by atoms with van der Waals surface area (Å²) in [5.41, 5.74) is 2.79. The highest BCUT2D eigenvalue weighted by Crippen LogP contribution is 2.32. The lowest BCUT2D eigenvalue weighted by molar-refractivity contribution is -0.118. The second-order valence-corrected chi connectivity index (χ2v) is 6.25. The molecule has 0 saturated carbocycles. The third-order valence-corrected chi connectivity index (χ3v) is 4.25. The predicted molar refractivity (Wildman–Crippen MR) is 99.4 cm³/mol. The average molecular weight is 354 g/mol. The number of hydrogen-bond donors (Lipinski definition) is 1. The van der Waals surface area contributed by atoms with Gasteiger partial charge in [-0.05, 0) is 31.2 Å². The molecule has 0 aliphatic heterocycles. The van der Waals surface area contributed by atoms with E-state index in [1.165, 1.54) is 11.3 Å². The first-order valence-electron chi connectivity index (χ1n) is 7.74. The molecule has 1 heterocycles. The Balaban J connectivity index is 1.65. The van der Waals surface area contributed by atoms with E-state index < -0.39 is 0 Å². The Morgan fingerprint density at radius 3 is 2.76 bits per heavy atom. The van der Waals surface area contributed by atoms with Crippen molar-refractivity contribution >= 4 is 22.4 Å². The Hall–Kier alpha value is -2.86. The van der Waals surface area contributed by atoms with Crippen molar-refractivity contribution < 1.29 is 14.3 Å². The van der Waals surface area contributed by atoms with Crippen molar-refractivity contribution in [3.63, 3.8) is 0 Å². The maximum Gasteiger partial charge on any atom is 0.264 e. The van der Waals surface area contributed by atoms with Gasteiger partial charge >= 0.3 is 0 Å². The molecule has 2 aromatic carbocycles. The second kappa shape index (κ2) is 7.81. The van der Waals surface area contributed by atoms with Crippen LogP contribution in [0.25, 0.3) is 11.3 Å². The second-order valence-electron chi connectivity index (χ2n) is 5.39. The molecule has 3 aromatic rings. The van der Waals surface area contributed by atoms with Crippen molar-refractivity contribution in [2.24, 2.45) is 0 Å². The number of rotatable bonds is 6. The highest BCUT2D eigenvalue weighted by molar-refractivity contribution is 7.14. The van der Waals surface area contributed by atoms with Gasteiger partial charge in [-0.2, -0.15) is 0 Å². The largest absolute Gasteiger partial charge is 0.496 e. The van der Waals surface area contributed by atoms with E-state index in [9.17, 15) is 4.79 Å². The van der Waals surface area contributed by atoms with Crippen LogP contribution in [0.1, 0.15) is 5.56 Å². The normalized spacial score (nSPS) is 10.3. The van der Waals surface area contributed by atoms with Crippen molar-refractivity contribution in [3.05, 3.63) is 59.5 Å². The van der Waals surface area contributed by atoms with Gasteiger partial charge < -0.3 is 9.47 Å². The van der Waals surface area contributed by atoms with Crippen LogP contribution in [0.5, 0.6) is 11.5 Å². The van der Waals surface area contributed by atoms with E-state index in [0.717, 1.165) is 22.6 Å². The fourth-order valence-electron chi connectivity index (χ4n) is 2.30. The number of nitrogens with one attached hydrogen (secondary N) is 1. The van der Waals surface area contributed by atoms with E-state index in [1.807, 2.05) is 48.7 Å². The van der Waals surface area contributed by atoms with Crippen LogP contribution in [-0.2, 0) is 4.79 Å². The highest BCUT2D eigenvalue weighted by Gasteiger charge is 2.12. The molecule has 128 valence electrons. The third-order valence-electron chi connectivity index (χ3n) is 3.49. The van der Waals surface area contributed by atoms with Gasteiger partial charge in [0, 0.05) is 10.9 Å². The summed E-state index contributed by atoms with van der Waals surface area (Å²) in [6.07, 6.45) is 0. The maximum atomic E-state index is 12.0. The van der Waals surface area contributed by atoms with Crippen molar-refractivity contribution in [3.8, 4) is 22.8 Å². The monoisotopic (exact) mass is 354 g/mol. The topological polar surface area (TPSA) is 60.5 Å². The number of ether oxygens (including phenoxy) is 2. The van der Waals surface area contributed by atoms with Gasteiger partial charge in [0.25, 0.3) is 5.91 Å². The summed E-state index contributed by atoms with van der Waals surface area (Å²) < 4.78 is 10.8. The number of carbonyl (C=O) groups is 1. The Bertz CT molecular complexity index is 862. The minimum absolute atomic E-state index is 0.0628. The Labute approximate surface area is 150 Å². The van der Waals surface area contributed by atoms with Crippen LogP contribution in [0.4, 0.5) is 5.13 Å². The molecule has 0 bridgehead atoms. The zero-order valence-electron chi connectivity index (χ0n) is 14.0. The van der Waals surface area contributed by atoms with Crippen molar-refractivity contribution in [2.75, 3.05) is 19.0 Å². The number of benzene rings is 2. The SMILES string of the molecule is COc1ccc(C)cc1-c1csc(NC(=O)COc2ccccc2)n1. The molecule has 0 radical (unpaired) electrons. The van der Waals surface area contributed by atoms with Crippen LogP contribution in [0.15, 0.2) is 53.9 Å². The average Bonchev–Trinajstić information content (AvgIpc) is 3.09. The van der Waals surface area contributed by atoms with Gasteiger partial charge in [-0.3, -0.25) is 10.1 Å². The number of aryl methyl sites for hydroxylation is 1. The summed E-state index contributed by atoms with van der Waals surface area (Å²) in [6.45, 7) is 1.95. The standard InChI is InChI=1S/C19H18N2O3S/c1-13-8-9-17(23-2)15(10-13)16-12-25-19(20-16)21-18(22)11-24-14-6-4-3-5-7-14/h3-10,12H,11H2,1-2H3,(H,20,21,22). The highest BCUT2D eigenvalue weighted by atomic mass is 32.1. The van der Waals surface area contributed by atoms with E-state index in [-0.39, 0.29) is 12.5 Å². The number of hydrogen-bond acceptors (Lipinski definition) is 5. The summed E-state index contributed by atoms with van der Waals surface area (Å²) in [5.74, 6) is 1.16. The van der Waals surface area contributed by atoms with Gasteiger partial charge in [-0.25, -0.2) is 4.98 Å². The number of nitrogens with zero attached hydrogens (tertiary/aromatic N) is 1. The minimum atomic E-state index is -0.249. The molecule has 0 aliphatic rings. The number of para-hydroxylation sites is 1. The molecule has 1 aromatic heterocycles. The van der Waals surface area contributed by atoms with Crippen LogP contribution in [0, 0.1) is 6.92 Å². The van der Waals surface area contributed by atoms with E-state index in [2.05, 4.69) is 10.3 Å². The van der Waals surface area contributed by atoms with E-state index in [1.54, 1.807) is 19.2 Å². The fourth-order valence-corrected chi connectivity index (χ4v) is 3.02. The first-order valence-corrected chi connectivity index (χ1v) is 8.62. The van der Waals surface area contributed by atoms with E-state index in [0.29, 0.717) is 10.9 Å². The number of thiazole rings is 1. The summed E-state index contributed by atoms with van der Waals surface area (Å²) in [6, 6.07) is 15.1. The van der Waals surface area contributed by atoms with Gasteiger partial charge in [-0.15, -0.1) is 11.3 Å². The van der Waals surface area contributed by atoms with Gasteiger partial charge in [0.05, 0.1) is 12.8 Å². The lowest BCUT2D eigenvalue weighted by Crippen LogP contribution is -2.20. The van der Waals surface area contributed by atoms with Gasteiger partial charge in [0.1, 0.15) is 11.5 Å². The third kappa shape index (κ3) is 4.36. The molecule has 0 saturated heterocycles. The van der Waals surface area contributed by atoms with E-state index in [4.69, 9.17) is 9.47 Å². The maximum absolute atomic E-state index is 12.0. The fraction of sp³-hybridized carbons (Fsp3) is 0.158. The minimum Gasteiger partial charge on any atom is -0.496 e. The molecule has 0 atom stereocenters. The van der Waals surface area contributed by atoms with Gasteiger partial charge in [-0.1, -0.05) is 29.8 Å². The molecule has 0 fully saturated rings. The Morgan fingerprint density at radius 1 is 1.20 bits per heavy atom. The first-order chi connectivity index (χ1) is 12.2. The molecule has 0 aliphatic carbocycles. The van der Waals surface area contributed by atoms with E-state index >= 15 is 0 Å². The molecule has 3 rings (SSSR count). The summed E-state index contributed by atoms with van der Waals surface area (Å²) >= 11 is 1.37. The van der Waals surface area contributed by atoms with Crippen molar-refractivity contribution in [2.45, 2.75) is 6.92 Å². The molecule has 6 heteroatoms. The number of aromatic nitrogens is 1. The van der Waals surface area contributed by atoms with Crippen LogP contribution in [-0.4, -0.2) is 24.6 Å². The molecule has 25 heavy (non-hydrogen) atoms. The molecular formula is C19H18N2O3S. The molecule has 1 amide bonds. The number of carbonyl (C=O) groups excluding carboxylic acids is 1. The Kier molecular flexibility index (Phi) is 5.30. The van der Waals surface area contributed by atoms with Crippen LogP contribution in [0.3, 0.4) is 0 Å².